The maximum atomic E-state index is 12.9. The van der Waals surface area contributed by atoms with Gasteiger partial charge in [0.15, 0.2) is 11.6 Å². The van der Waals surface area contributed by atoms with Gasteiger partial charge in [0, 0.05) is 147 Å². The van der Waals surface area contributed by atoms with Crippen LogP contribution in [0.3, 0.4) is 0 Å². The molecule has 8 saturated heterocycles. The summed E-state index contributed by atoms with van der Waals surface area (Å²) >= 11 is 6.28. The normalized spacial score (nSPS) is 55.6. The van der Waals surface area contributed by atoms with Crippen LogP contribution in [0.5, 0.6) is 0 Å². The number of fused-ring (bicyclic) bond motifs is 24. The number of hydrogen-bond acceptors (Lipinski definition) is 15. The number of rotatable bonds is 12. The van der Waals surface area contributed by atoms with Gasteiger partial charge < -0.3 is 39.0 Å². The second-order valence-electron chi connectivity index (χ2n) is 60.9. The zero-order chi connectivity index (χ0) is 103. The van der Waals surface area contributed by atoms with E-state index in [9.17, 15) is 28.2 Å². The number of aryl methyl sites for hydroxylation is 1. The largest absolute Gasteiger partial charge is 0.393 e. The smallest absolute Gasteiger partial charge is 0.211 e. The van der Waals surface area contributed by atoms with Crippen molar-refractivity contribution in [1.29, 1.82) is 0 Å². The summed E-state index contributed by atoms with van der Waals surface area (Å²) < 4.78 is 58.4. The number of likely N-dealkylation sites (tertiary alicyclic amines) is 4. The van der Waals surface area contributed by atoms with Gasteiger partial charge in [0.2, 0.25) is 10.0 Å². The lowest BCUT2D eigenvalue weighted by molar-refractivity contribution is -0.148. The predicted molar refractivity (Wildman–Crippen MR) is 584 cm³/mol. The van der Waals surface area contributed by atoms with Crippen molar-refractivity contribution in [3.63, 3.8) is 0 Å². The Morgan fingerprint density at radius 3 is 1.17 bits per heavy atom. The highest BCUT2D eigenvalue weighted by molar-refractivity contribution is 7.89. The van der Waals surface area contributed by atoms with Gasteiger partial charge >= 0.3 is 0 Å². The molecule has 46 atom stereocenters. The van der Waals surface area contributed by atoms with Gasteiger partial charge in [-0.25, -0.2) is 13.1 Å². The molecule has 20 aliphatic carbocycles. The summed E-state index contributed by atoms with van der Waals surface area (Å²) in [5.41, 5.74) is 11.6. The number of benzene rings is 1. The number of hydrogen-bond donors (Lipinski definition) is 3. The number of ketones is 2. The number of piperidine rings is 4. The van der Waals surface area contributed by atoms with Crippen LogP contribution in [-0.4, -0.2) is 230 Å². The average molecular weight is 2060 g/mol. The van der Waals surface area contributed by atoms with Crippen molar-refractivity contribution in [3.05, 3.63) is 82.5 Å². The lowest BCUT2D eigenvalue weighted by Gasteiger charge is -2.50. The van der Waals surface area contributed by atoms with E-state index in [1.54, 1.807) is 11.1 Å². The predicted octanol–water partition coefficient (Wildman–Crippen LogP) is 23.2. The SMILES string of the molecule is C[C@H]1C[C@H]2O[C@]3(CC[C@H]4[C@@H]5CC=C6C[C@@H](O)CC[C@]6(C)[C@H]5CC45CC53C)[C@H](C)[C@@H]2N(C)C1.C[C@H]1C[C@H]2O[C@]3(CC[C@H]4[C@@H]5CC=C6C[C@@H](O)CC[C@]6(C)[C@H]5CC45CC53C)[C@H](C)[C@@H]2N(CCCl)C1.C[C@H]1C[C@H]2O[C@]3(CC[C@H]4[C@@H]5CCC6=CC(=O)CC[C@]6(C)[C@H]5CC45CC53C)[C@H](C)[C@@H]2N(CCN(C)C)C1.C[C@H]1C[C@H]2O[C@]3(CC[C@H]4[C@@H]5CCC6=CC(=O)CC[C@]6(C)[C@H]5CC45CC53C)[C@H](C)[C@@H]2N(CCNS(=O)(=O)CCc2ccccc2)C1. The first-order valence-electron chi connectivity index (χ1n) is 61.9. The third-order valence-corrected chi connectivity index (χ3v) is 56.8. The number of alkyl halides is 1. The van der Waals surface area contributed by atoms with E-state index >= 15 is 0 Å². The molecule has 1 aromatic carbocycles. The van der Waals surface area contributed by atoms with Crippen LogP contribution in [0, 0.1) is 183 Å². The monoisotopic (exact) mass is 2060 g/mol. The Morgan fingerprint density at radius 2 is 0.776 bits per heavy atom. The average Bonchev–Trinajstić information content (AvgIpc) is 1.47. The number of allylic oxidation sites excluding steroid dienone is 6. The van der Waals surface area contributed by atoms with Gasteiger partial charge in [0.05, 0.1) is 64.8 Å². The van der Waals surface area contributed by atoms with Gasteiger partial charge in [-0.1, -0.05) is 176 Å². The molecule has 0 aromatic heterocycles. The first-order chi connectivity index (χ1) is 69.8. The Labute approximate surface area is 892 Å². The molecular formula is C129H195ClN6O10S. The highest BCUT2D eigenvalue weighted by Gasteiger charge is 2.90. The molecule has 16 saturated carbocycles. The van der Waals surface area contributed by atoms with E-state index in [-0.39, 0.29) is 62.7 Å². The fourth-order valence-corrected chi connectivity index (χ4v) is 49.7. The van der Waals surface area contributed by atoms with Gasteiger partial charge in [-0.2, -0.15) is 0 Å². The lowest BCUT2D eigenvalue weighted by Crippen LogP contribution is -2.55. The molecule has 0 bridgehead atoms. The third-order valence-electron chi connectivity index (χ3n) is 55.2. The van der Waals surface area contributed by atoms with Crippen molar-refractivity contribution in [3.8, 4) is 0 Å². The molecular weight excluding hydrogens is 1860 g/mol. The van der Waals surface area contributed by atoms with Gasteiger partial charge in [-0.15, -0.1) is 11.6 Å². The third kappa shape index (κ3) is 14.4. The molecule has 16 nitrogen and oxygen atoms in total. The van der Waals surface area contributed by atoms with E-state index in [0.29, 0.717) is 157 Å². The van der Waals surface area contributed by atoms with Crippen LogP contribution in [-0.2, 0) is 45.0 Å². The molecule has 8 aliphatic heterocycles. The Hall–Kier alpha value is -2.72. The van der Waals surface area contributed by atoms with E-state index in [0.717, 1.165) is 179 Å². The second-order valence-corrected chi connectivity index (χ2v) is 63.2. The molecule has 28 aliphatic rings. The van der Waals surface area contributed by atoms with Gasteiger partial charge in [0.25, 0.3) is 0 Å². The molecule has 24 fully saturated rings. The van der Waals surface area contributed by atoms with Gasteiger partial charge in [0.1, 0.15) is 0 Å². The summed E-state index contributed by atoms with van der Waals surface area (Å²) in [6.45, 7) is 49.7. The second kappa shape index (κ2) is 35.1. The number of nitrogens with zero attached hydrogens (tertiary/aromatic N) is 5. The molecule has 1 aromatic rings. The van der Waals surface area contributed by atoms with E-state index in [2.05, 4.69) is 179 Å². The van der Waals surface area contributed by atoms with Crippen molar-refractivity contribution < 1.29 is 47.2 Å². The number of likely N-dealkylation sites (N-methyl/N-ethyl adjacent to an activating group) is 2. The molecule has 8 unspecified atom stereocenters. The van der Waals surface area contributed by atoms with Crippen molar-refractivity contribution in [1.82, 2.24) is 29.2 Å². The number of ether oxygens (including phenoxy) is 4. The number of aliphatic hydroxyl groups excluding tert-OH is 2. The molecule has 29 rings (SSSR count). The fraction of sp³-hybridized carbons (Fsp3) is 0.876. The lowest BCUT2D eigenvalue weighted by atomic mass is 9.56. The summed E-state index contributed by atoms with van der Waals surface area (Å²) in [5, 5.41) is 20.7. The molecule has 0 amide bonds. The van der Waals surface area contributed by atoms with Crippen molar-refractivity contribution in [2.45, 2.75) is 432 Å². The van der Waals surface area contributed by atoms with Crippen LogP contribution in [0.15, 0.2) is 76.9 Å². The molecule has 8 spiro atoms. The number of carbonyl (C=O) groups excluding carboxylic acids is 2. The Kier molecular flexibility index (Phi) is 24.7. The number of sulfonamides is 1. The minimum atomic E-state index is -3.34. The van der Waals surface area contributed by atoms with Crippen molar-refractivity contribution in [2.75, 3.05) is 91.7 Å². The minimum Gasteiger partial charge on any atom is -0.393 e. The maximum Gasteiger partial charge on any atom is 0.211 e. The van der Waals surface area contributed by atoms with Crippen LogP contribution in [0.4, 0.5) is 0 Å². The van der Waals surface area contributed by atoms with E-state index in [4.69, 9.17) is 30.5 Å². The molecule has 18 heteroatoms. The number of carbonyl (C=O) groups is 2. The number of aliphatic hydroxyl groups is 2. The summed E-state index contributed by atoms with van der Waals surface area (Å²) in [6.07, 6.45) is 54.7. The summed E-state index contributed by atoms with van der Waals surface area (Å²) in [6, 6.07) is 12.0. The highest BCUT2D eigenvalue weighted by Crippen LogP contribution is 2.93. The maximum absolute atomic E-state index is 12.9. The zero-order valence-electron chi connectivity index (χ0n) is 94.6. The van der Waals surface area contributed by atoms with Crippen LogP contribution in [0.25, 0.3) is 0 Å². The van der Waals surface area contributed by atoms with Crippen molar-refractivity contribution >= 4 is 33.2 Å². The first-order valence-corrected chi connectivity index (χ1v) is 64.1. The van der Waals surface area contributed by atoms with Crippen molar-refractivity contribution in [2.24, 2.45) is 183 Å². The summed E-state index contributed by atoms with van der Waals surface area (Å²) in [5.74, 6) is 16.6. The zero-order valence-corrected chi connectivity index (χ0v) is 96.2. The standard InChI is InChI=1S/C38H54N2O4S.C32H50N2O2.C30H46ClNO2.C29H45NO2/c1-25-20-33-34(40(23-25)18-17-39-45(42,43)19-14-27-8-6-5-7-9-27)26(2)38(44-33)16-13-31-30-11-10-28-21-29(41)12-15-35(28,3)32(30)22-37(31)24-36(37,38)4;1-20-15-27-28(34(18-20)14-13-33(5)6)21(2)32(36-27)12-10-25-24-8-7-22-16-23(35)9-11-29(22,3)26(24)17-31(25)19-30(31,32)4;1-18-13-25-26(32(16-18)12-11-31)19(2)30(34-25)10-8-23-22-6-5-20-14-21(33)7-9-27(20,3)24(22)15-29(23)17-28(29,30)4;1-17-12-24-25(30(5)15-17)18(2)29(32-24)11-9-22-21-7-6-19-13-20(31)8-10-26(19,3)23(21)14-28(22)16-27(28,29)4/h5-9,21,25-26,30-34,39H,10-20,22-24H2,1-4H3;16,20-21,24-28H,7-15,17-19H2,1-6H3;5,18-19,21-26,33H,6-17H2,1-4H3;6,17-18,20-25,31H,7-16H2,1-5H3/t25-,26+,30-,31-,32-,33+,34-,35-,36?,37?,38+;20-,21+,24-,25-,26-,27+,28-,29-,30?,31?,32+;18-,19+,21-,22-,23-,24-,25+,26-,27-,28?,29?,30+;17-,18+,20-,21-,22-,23-,24+,25-,26-,27?,28?,29+/m0000/s1. The molecule has 8 heterocycles. The van der Waals surface area contributed by atoms with Crippen LogP contribution < -0.4 is 4.72 Å². The topological polar surface area (TPSA) is 174 Å². The quantitative estimate of drug-likeness (QED) is 0.133. The first kappa shape index (κ1) is 103. The Balaban J connectivity index is 0.000000100. The Bertz CT molecular complexity index is 5570. The summed E-state index contributed by atoms with van der Waals surface area (Å²) in [7, 11) is 3.44. The van der Waals surface area contributed by atoms with E-state index in [1.165, 1.54) is 204 Å². The van der Waals surface area contributed by atoms with Gasteiger partial charge in [-0.3, -0.25) is 24.3 Å². The molecule has 0 radical (unpaired) electrons. The van der Waals surface area contributed by atoms with E-state index < -0.39 is 10.0 Å². The van der Waals surface area contributed by atoms with Crippen LogP contribution >= 0.6 is 11.6 Å². The number of nitrogens with one attached hydrogen (secondary N) is 1. The van der Waals surface area contributed by atoms with Crippen LogP contribution in [0.2, 0.25) is 0 Å². The highest BCUT2D eigenvalue weighted by atomic mass is 35.5. The Morgan fingerprint density at radius 1 is 0.422 bits per heavy atom. The molecule has 814 valence electrons. The molecule has 147 heavy (non-hydrogen) atoms. The molecule has 3 N–H and O–H groups in total. The fourth-order valence-electron chi connectivity index (χ4n) is 48.4. The van der Waals surface area contributed by atoms with Crippen LogP contribution in [0.1, 0.15) is 347 Å². The summed E-state index contributed by atoms with van der Waals surface area (Å²) in [4.78, 5) is 37.8. The number of halogens is 1. The van der Waals surface area contributed by atoms with E-state index in [1.807, 2.05) is 36.4 Å². The van der Waals surface area contributed by atoms with Gasteiger partial charge in [-0.05, 0) is 402 Å². The minimum absolute atomic E-state index is 0.0564.